The van der Waals surface area contributed by atoms with Crippen molar-refractivity contribution in [2.75, 3.05) is 0 Å². The Kier molecular flexibility index (Phi) is 5.29. The molecule has 0 aliphatic heterocycles. The first-order chi connectivity index (χ1) is 13.8. The van der Waals surface area contributed by atoms with Gasteiger partial charge in [0.1, 0.15) is 24.4 Å². The van der Waals surface area contributed by atoms with Gasteiger partial charge in [0.25, 0.3) is 0 Å². The molecular formula is C22H20N4O2. The number of phenolic OH excluding ortho intramolecular Hbond substituents is 1. The molecule has 0 saturated carbocycles. The largest absolute Gasteiger partial charge is 0.508 e. The van der Waals surface area contributed by atoms with Crippen LogP contribution >= 0.6 is 0 Å². The molecule has 0 radical (unpaired) electrons. The minimum absolute atomic E-state index is 0.251. The normalized spacial score (nSPS) is 10.7. The van der Waals surface area contributed by atoms with Gasteiger partial charge in [-0.1, -0.05) is 42.5 Å². The molecule has 6 nitrogen and oxygen atoms in total. The molecule has 28 heavy (non-hydrogen) atoms. The molecule has 0 amide bonds. The van der Waals surface area contributed by atoms with E-state index in [1.165, 1.54) is 5.56 Å². The number of rotatable bonds is 7. The van der Waals surface area contributed by atoms with Crippen LogP contribution in [0.4, 0.5) is 0 Å². The number of nitrogens with zero attached hydrogens (tertiary/aromatic N) is 4. The van der Waals surface area contributed by atoms with Crippen molar-refractivity contribution in [2.45, 2.75) is 19.4 Å². The van der Waals surface area contributed by atoms with Crippen LogP contribution in [0.1, 0.15) is 16.7 Å². The first-order valence-corrected chi connectivity index (χ1v) is 9.09. The lowest BCUT2D eigenvalue weighted by atomic mass is 10.0. The monoisotopic (exact) mass is 372 g/mol. The predicted octanol–water partition coefficient (Wildman–Crippen LogP) is 3.73. The minimum Gasteiger partial charge on any atom is -0.508 e. The predicted molar refractivity (Wildman–Crippen MR) is 105 cm³/mol. The number of benzene rings is 3. The molecule has 1 aromatic heterocycles. The first-order valence-electron chi connectivity index (χ1n) is 9.09. The average Bonchev–Trinajstić information content (AvgIpc) is 3.28. The van der Waals surface area contributed by atoms with Gasteiger partial charge in [-0.2, -0.15) is 0 Å². The van der Waals surface area contributed by atoms with Crippen molar-refractivity contribution in [3.8, 4) is 17.2 Å². The third kappa shape index (κ3) is 4.35. The van der Waals surface area contributed by atoms with Crippen LogP contribution in [0.15, 0.2) is 79.1 Å². The molecule has 4 rings (SSSR count). The highest BCUT2D eigenvalue weighted by Crippen LogP contribution is 2.26. The summed E-state index contributed by atoms with van der Waals surface area (Å²) in [6.45, 7) is 0.443. The van der Waals surface area contributed by atoms with Crippen molar-refractivity contribution in [3.63, 3.8) is 0 Å². The van der Waals surface area contributed by atoms with Crippen molar-refractivity contribution >= 4 is 0 Å². The van der Waals surface area contributed by atoms with Gasteiger partial charge in [-0.15, -0.1) is 5.10 Å². The maximum absolute atomic E-state index is 9.87. The molecule has 0 spiro atoms. The molecule has 0 unspecified atom stereocenters. The van der Waals surface area contributed by atoms with Crippen LogP contribution in [0.5, 0.6) is 11.5 Å². The maximum atomic E-state index is 9.87. The standard InChI is InChI=1S/C22H20N4O2/c27-21-12-13-22(19(14-21)9-6-17-4-2-1-3-5-17)28-15-18-7-10-20(11-8-18)26-16-23-24-25-26/h1-5,7-8,10-14,16,27H,6,9,15H2. The average molecular weight is 372 g/mol. The highest BCUT2D eigenvalue weighted by Gasteiger charge is 2.07. The molecule has 0 aliphatic carbocycles. The van der Waals surface area contributed by atoms with Gasteiger partial charge in [0.15, 0.2) is 0 Å². The van der Waals surface area contributed by atoms with Crippen LogP contribution in [0, 0.1) is 0 Å². The van der Waals surface area contributed by atoms with Crippen molar-refractivity contribution in [3.05, 3.63) is 95.8 Å². The molecule has 0 saturated heterocycles. The summed E-state index contributed by atoms with van der Waals surface area (Å²) in [4.78, 5) is 0. The Morgan fingerprint density at radius 1 is 0.857 bits per heavy atom. The summed E-state index contributed by atoms with van der Waals surface area (Å²) in [5.41, 5.74) is 4.19. The Morgan fingerprint density at radius 2 is 1.68 bits per heavy atom. The number of aromatic hydroxyl groups is 1. The summed E-state index contributed by atoms with van der Waals surface area (Å²) in [7, 11) is 0. The van der Waals surface area contributed by atoms with Crippen LogP contribution in [-0.2, 0) is 19.4 Å². The summed E-state index contributed by atoms with van der Waals surface area (Å²) >= 11 is 0. The third-order valence-corrected chi connectivity index (χ3v) is 4.51. The quantitative estimate of drug-likeness (QED) is 0.535. The van der Waals surface area contributed by atoms with Crippen molar-refractivity contribution < 1.29 is 9.84 Å². The molecule has 1 heterocycles. The maximum Gasteiger partial charge on any atom is 0.143 e. The molecular weight excluding hydrogens is 352 g/mol. The van der Waals surface area contributed by atoms with E-state index in [0.717, 1.165) is 35.4 Å². The third-order valence-electron chi connectivity index (χ3n) is 4.51. The fraction of sp³-hybridized carbons (Fsp3) is 0.136. The second kappa shape index (κ2) is 8.35. The molecule has 140 valence electrons. The minimum atomic E-state index is 0.251. The van der Waals surface area contributed by atoms with Gasteiger partial charge in [-0.25, -0.2) is 4.68 Å². The van der Waals surface area contributed by atoms with E-state index in [0.29, 0.717) is 6.61 Å². The molecule has 3 aromatic carbocycles. The van der Waals surface area contributed by atoms with E-state index in [1.54, 1.807) is 23.1 Å². The summed E-state index contributed by atoms with van der Waals surface area (Å²) < 4.78 is 7.64. The number of aryl methyl sites for hydroxylation is 2. The van der Waals surface area contributed by atoms with Crippen molar-refractivity contribution in [1.82, 2.24) is 20.2 Å². The van der Waals surface area contributed by atoms with E-state index in [9.17, 15) is 5.11 Å². The van der Waals surface area contributed by atoms with E-state index in [-0.39, 0.29) is 5.75 Å². The van der Waals surface area contributed by atoms with E-state index in [1.807, 2.05) is 48.5 Å². The SMILES string of the molecule is Oc1ccc(OCc2ccc(-n3cnnn3)cc2)c(CCc2ccccc2)c1. The number of hydrogen-bond acceptors (Lipinski definition) is 5. The summed E-state index contributed by atoms with van der Waals surface area (Å²) in [5.74, 6) is 1.04. The zero-order valence-corrected chi connectivity index (χ0v) is 15.3. The lowest BCUT2D eigenvalue weighted by molar-refractivity contribution is 0.302. The van der Waals surface area contributed by atoms with Gasteiger partial charge in [-0.3, -0.25) is 0 Å². The molecule has 0 fully saturated rings. The van der Waals surface area contributed by atoms with Crippen molar-refractivity contribution in [2.24, 2.45) is 0 Å². The fourth-order valence-electron chi connectivity index (χ4n) is 3.01. The molecule has 6 heteroatoms. The summed E-state index contributed by atoms with van der Waals surface area (Å²) in [6.07, 6.45) is 3.24. The number of aromatic nitrogens is 4. The Balaban J connectivity index is 1.43. The highest BCUT2D eigenvalue weighted by atomic mass is 16.5. The van der Waals surface area contributed by atoms with Gasteiger partial charge >= 0.3 is 0 Å². The number of ether oxygens (including phenoxy) is 1. The molecule has 4 aromatic rings. The topological polar surface area (TPSA) is 73.1 Å². The van der Waals surface area contributed by atoms with E-state index in [2.05, 4.69) is 27.7 Å². The first kappa shape index (κ1) is 17.7. The smallest absolute Gasteiger partial charge is 0.143 e. The Bertz CT molecular complexity index is 1020. The molecule has 0 atom stereocenters. The van der Waals surface area contributed by atoms with Gasteiger partial charge in [0.2, 0.25) is 0 Å². The van der Waals surface area contributed by atoms with Crippen LogP contribution in [-0.4, -0.2) is 25.3 Å². The summed E-state index contributed by atoms with van der Waals surface area (Å²) in [5, 5.41) is 21.0. The van der Waals surface area contributed by atoms with Gasteiger partial charge in [0.05, 0.1) is 5.69 Å². The van der Waals surface area contributed by atoms with Crippen molar-refractivity contribution in [1.29, 1.82) is 0 Å². The van der Waals surface area contributed by atoms with Crippen LogP contribution in [0.3, 0.4) is 0 Å². The Morgan fingerprint density at radius 3 is 2.43 bits per heavy atom. The number of hydrogen-bond donors (Lipinski definition) is 1. The second-order valence-corrected chi connectivity index (χ2v) is 6.49. The van der Waals surface area contributed by atoms with Gasteiger partial charge in [0, 0.05) is 0 Å². The zero-order chi connectivity index (χ0) is 19.2. The van der Waals surface area contributed by atoms with Gasteiger partial charge in [-0.05, 0) is 70.3 Å². The number of tetrazole rings is 1. The Labute approximate surface area is 163 Å². The fourth-order valence-corrected chi connectivity index (χ4v) is 3.01. The van der Waals surface area contributed by atoms with Crippen LogP contribution in [0.2, 0.25) is 0 Å². The van der Waals surface area contributed by atoms with Gasteiger partial charge < -0.3 is 9.84 Å². The van der Waals surface area contributed by atoms with E-state index in [4.69, 9.17) is 4.74 Å². The Hall–Kier alpha value is -3.67. The zero-order valence-electron chi connectivity index (χ0n) is 15.3. The second-order valence-electron chi connectivity index (χ2n) is 6.49. The van der Waals surface area contributed by atoms with E-state index >= 15 is 0 Å². The van der Waals surface area contributed by atoms with Crippen LogP contribution < -0.4 is 4.74 Å². The summed E-state index contributed by atoms with van der Waals surface area (Å²) in [6, 6.07) is 23.4. The lowest BCUT2D eigenvalue weighted by Crippen LogP contribution is -2.01. The number of phenols is 1. The lowest BCUT2D eigenvalue weighted by Gasteiger charge is -2.13. The molecule has 1 N–H and O–H groups in total. The highest BCUT2D eigenvalue weighted by molar-refractivity contribution is 5.41. The molecule has 0 aliphatic rings. The van der Waals surface area contributed by atoms with E-state index < -0.39 is 0 Å². The molecule has 0 bridgehead atoms. The van der Waals surface area contributed by atoms with Crippen LogP contribution in [0.25, 0.3) is 5.69 Å².